The summed E-state index contributed by atoms with van der Waals surface area (Å²) < 4.78 is 58.2. The summed E-state index contributed by atoms with van der Waals surface area (Å²) in [5.41, 5.74) is 14.1. The molecule has 9 aliphatic heterocycles. The van der Waals surface area contributed by atoms with Crippen molar-refractivity contribution in [3.8, 4) is 46.0 Å². The van der Waals surface area contributed by atoms with Gasteiger partial charge >= 0.3 is 0 Å². The van der Waals surface area contributed by atoms with E-state index in [0.717, 1.165) is 97.4 Å². The highest BCUT2D eigenvalue weighted by molar-refractivity contribution is 6.23. The number of rotatable bonds is 29. The monoisotopic (exact) mass is 1960 g/mol. The van der Waals surface area contributed by atoms with Crippen molar-refractivity contribution in [1.82, 2.24) is 73.1 Å². The third kappa shape index (κ3) is 22.9. The van der Waals surface area contributed by atoms with Crippen molar-refractivity contribution in [2.24, 2.45) is 30.7 Å². The molecule has 0 aliphatic carbocycles. The second-order valence-electron chi connectivity index (χ2n) is 36.5. The zero-order valence-electron chi connectivity index (χ0n) is 82.3. The van der Waals surface area contributed by atoms with E-state index >= 15 is 0 Å². The Morgan fingerprint density at radius 3 is 1.16 bits per heavy atom. The summed E-state index contributed by atoms with van der Waals surface area (Å²) >= 11 is 0. The highest BCUT2D eigenvalue weighted by Gasteiger charge is 2.37. The van der Waals surface area contributed by atoms with E-state index in [1.54, 1.807) is 123 Å². The molecule has 11 aromatic rings. The number of primary amides is 1. The Labute approximate surface area is 826 Å². The molecule has 4 aromatic carbocycles. The van der Waals surface area contributed by atoms with E-state index in [-0.39, 0.29) is 55.5 Å². The normalized spacial score (nSPS) is 18.1. The number of amides is 4. The number of morpholine rings is 1. The first kappa shape index (κ1) is 100. The minimum Gasteiger partial charge on any atom is -0.491 e. The van der Waals surface area contributed by atoms with Gasteiger partial charge in [0.05, 0.1) is 92.2 Å². The number of benzene rings is 4. The van der Waals surface area contributed by atoms with Gasteiger partial charge in [-0.3, -0.25) is 62.7 Å². The lowest BCUT2D eigenvalue weighted by Crippen LogP contribution is -2.48. The molecule has 20 rings (SSSR count). The standard InChI is InChI=1S/C27H34N6O5.C26H32N6O4.C25H30N6O4.C24H28N6O4/c1-16-12-32(13-17(2)38-16)14-19(34)15-37-22-8-7-21-23(24(22)36-4)30-27(33-11-10-29-25(21)33)31-26(35)20-6-5-9-28-18(20)3;1-17-19(7-6-10-27-17)25(34)30-26-29-22-20(24-28-11-14-32(24)26)8-9-21(23(22)35-2)36-16-18(33)15-31-12-4-3-5-13-31;1-15-20(23(26)33)17(7-8-27-15)25-29-21-18(24-28-9-12-31(24)25)5-6-19(22(21)34-2)35-14-16(32)13-30-10-3-4-11-30;1-15-17(5-3-8-25-15)23(32)28-24-27-20-18(22-26-9-12-30(22)24)6-7-19(21(20)33-2)34-14-16(31)13-29-10-4-11-29/h5-9,16-17,19,29,34H,10-15H2,1-4H3;6-10,18,28,33H,3-5,11-16H2,1-2H3;5-8,16,32H,3-4,9-14H2,1-2H3,(H2,26,33);3,5-8,16,26,31H,4,9-14H2,1-2H3/t16-,17+,19-;18-;2*16-/m1111/s1. The molecule has 0 radical (unpaired) electrons. The summed E-state index contributed by atoms with van der Waals surface area (Å²) in [4.78, 5) is 116. The molecule has 9 N–H and O–H groups in total. The molecule has 0 unspecified atom stereocenters. The van der Waals surface area contributed by atoms with Crippen molar-refractivity contribution < 1.29 is 82.2 Å². The number of hydrogen-bond donors (Lipinski definition) is 8. The summed E-state index contributed by atoms with van der Waals surface area (Å²) in [7, 11) is 6.22. The molecule has 0 spiro atoms. The average molecular weight is 1960 g/mol. The predicted octanol–water partition coefficient (Wildman–Crippen LogP) is 6.75. The van der Waals surface area contributed by atoms with Crippen LogP contribution in [0.3, 0.4) is 0 Å². The van der Waals surface area contributed by atoms with Gasteiger partial charge in [0.1, 0.15) is 102 Å². The lowest BCUT2D eigenvalue weighted by atomic mass is 10.0. The minimum atomic E-state index is -0.691. The van der Waals surface area contributed by atoms with Crippen LogP contribution >= 0.6 is 0 Å². The fourth-order valence-corrected chi connectivity index (χ4v) is 19.3. The van der Waals surface area contributed by atoms with E-state index in [4.69, 9.17) is 73.3 Å². The number of aromatic nitrogens is 10. The smallest absolute Gasteiger partial charge is 0.282 e. The number of aliphatic hydroxyl groups is 4. The van der Waals surface area contributed by atoms with Crippen LogP contribution in [0.5, 0.6) is 46.0 Å². The molecule has 4 fully saturated rings. The Kier molecular flexibility index (Phi) is 32.3. The quantitative estimate of drug-likeness (QED) is 0.0240. The number of hydrogen-bond acceptors (Lipinski definition) is 34. The number of aliphatic hydroxyl groups excluding tert-OH is 4. The number of nitrogens with one attached hydrogen (secondary N) is 3. The molecule has 7 aromatic heterocycles. The molecule has 0 saturated carbocycles. The number of aliphatic imine (C=N–C) groups is 2. The molecule has 41 nitrogen and oxygen atoms in total. The number of nitrogens with zero attached hydrogens (tertiary/aromatic N) is 20. The first-order chi connectivity index (χ1) is 69.4. The molecule has 143 heavy (non-hydrogen) atoms. The van der Waals surface area contributed by atoms with Crippen molar-refractivity contribution in [3.05, 3.63) is 189 Å². The maximum atomic E-state index is 13.0. The summed E-state index contributed by atoms with van der Waals surface area (Å²) in [6.07, 6.45) is 11.4. The van der Waals surface area contributed by atoms with Gasteiger partial charge in [0, 0.05) is 137 Å². The van der Waals surface area contributed by atoms with E-state index in [0.29, 0.717) is 203 Å². The molecule has 16 heterocycles. The SMILES string of the molecule is COc1c(OC[C@H](O)CN2CCC2)ccc2c3n(c(=NC(=O)c4cccnc4C)nc12)CCN3.COc1c(OC[C@H](O)CN2CCCC2)ccc2c1N=C(c1ccnc(C)c1C(N)=O)N1CCN=C21.COc1c(OC[C@H](O)CN2CCCCC2)ccc2c3n(c(=NC(=O)c4cccnc4C)nc12)CCN3.COc1c(OC[C@H](O)CN2C[C@@H](C)O[C@@H](C)C2)ccc2c3n(c(=NC(=O)c4cccnc4C)nc12)CCN3. The Morgan fingerprint density at radius 2 is 0.790 bits per heavy atom. The highest BCUT2D eigenvalue weighted by Crippen LogP contribution is 2.46. The first-order valence-electron chi connectivity index (χ1n) is 48.7. The van der Waals surface area contributed by atoms with Gasteiger partial charge in [0.15, 0.2) is 46.0 Å². The van der Waals surface area contributed by atoms with Crippen LogP contribution in [-0.4, -0.2) is 332 Å². The van der Waals surface area contributed by atoms with Crippen LogP contribution in [0.4, 0.5) is 23.1 Å². The Bertz CT molecular complexity index is 6840. The molecular formula is C102H124N24O17. The van der Waals surface area contributed by atoms with Gasteiger partial charge < -0.3 is 104 Å². The number of anilines is 3. The number of amidine groups is 2. The summed E-state index contributed by atoms with van der Waals surface area (Å²) in [5.74, 6) is 5.66. The Balaban J connectivity index is 0.000000131. The molecular weight excluding hydrogens is 1830 g/mol. The van der Waals surface area contributed by atoms with Gasteiger partial charge in [0.25, 0.3) is 23.6 Å². The largest absolute Gasteiger partial charge is 0.491 e. The van der Waals surface area contributed by atoms with Crippen LogP contribution in [0.25, 0.3) is 32.7 Å². The van der Waals surface area contributed by atoms with Crippen molar-refractivity contribution >= 4 is 91.1 Å². The second kappa shape index (κ2) is 45.9. The van der Waals surface area contributed by atoms with Crippen LogP contribution in [0.2, 0.25) is 0 Å². The van der Waals surface area contributed by atoms with Crippen LogP contribution in [-0.2, 0) is 24.4 Å². The molecule has 41 heteroatoms. The predicted molar refractivity (Wildman–Crippen MR) is 535 cm³/mol. The van der Waals surface area contributed by atoms with Gasteiger partial charge in [-0.15, -0.1) is 0 Å². The van der Waals surface area contributed by atoms with Crippen molar-refractivity contribution in [1.29, 1.82) is 0 Å². The summed E-state index contributed by atoms with van der Waals surface area (Å²) in [6.45, 7) is 26.8. The van der Waals surface area contributed by atoms with Gasteiger partial charge in [-0.25, -0.2) is 19.9 Å². The highest BCUT2D eigenvalue weighted by atomic mass is 16.5. The molecule has 6 atom stereocenters. The van der Waals surface area contributed by atoms with E-state index < -0.39 is 48.0 Å². The number of carbonyl (C=O) groups excluding carboxylic acids is 4. The lowest BCUT2D eigenvalue weighted by Gasteiger charge is -2.36. The van der Waals surface area contributed by atoms with E-state index in [2.05, 4.69) is 70.5 Å². The molecule has 9 aliphatic rings. The topological polar surface area (TPSA) is 477 Å². The number of carbonyl (C=O) groups is 4. The number of fused-ring (bicyclic) bond motifs is 12. The van der Waals surface area contributed by atoms with E-state index in [1.807, 2.05) is 81.0 Å². The lowest BCUT2D eigenvalue weighted by molar-refractivity contribution is -0.0787. The van der Waals surface area contributed by atoms with E-state index in [9.17, 15) is 39.6 Å². The van der Waals surface area contributed by atoms with Crippen LogP contribution < -0.4 is 76.4 Å². The third-order valence-corrected chi connectivity index (χ3v) is 26.2. The van der Waals surface area contributed by atoms with Gasteiger partial charge in [-0.05, 0) is 204 Å². The number of likely N-dealkylation sites (tertiary alicyclic amines) is 3. The number of methoxy groups -OCH3 is 4. The summed E-state index contributed by atoms with van der Waals surface area (Å²) in [6, 6.07) is 26.9. The van der Waals surface area contributed by atoms with Gasteiger partial charge in [-0.1, -0.05) is 6.42 Å². The number of β-amino-alcohol motifs (C(OH)–C–C–N with tert-alkyl or cyclic N) is 4. The number of aryl methyl sites for hydroxylation is 4. The average Bonchev–Trinajstić information content (AvgIpc) is 1.69. The zero-order valence-corrected chi connectivity index (χ0v) is 82.3. The second-order valence-corrected chi connectivity index (χ2v) is 36.5. The van der Waals surface area contributed by atoms with Crippen molar-refractivity contribution in [3.63, 3.8) is 0 Å². The maximum Gasteiger partial charge on any atom is 0.282 e. The Hall–Kier alpha value is -14.0. The number of piperidine rings is 1. The van der Waals surface area contributed by atoms with Crippen LogP contribution in [0, 0.1) is 27.7 Å². The number of ether oxygens (including phenoxy) is 9. The van der Waals surface area contributed by atoms with Crippen LogP contribution in [0.1, 0.15) is 128 Å². The van der Waals surface area contributed by atoms with Gasteiger partial charge in [-0.2, -0.15) is 15.0 Å². The van der Waals surface area contributed by atoms with Gasteiger partial charge in [0.2, 0.25) is 16.9 Å². The van der Waals surface area contributed by atoms with E-state index in [1.165, 1.54) is 38.5 Å². The van der Waals surface area contributed by atoms with Crippen molar-refractivity contribution in [2.75, 3.05) is 182 Å². The molecule has 754 valence electrons. The fourth-order valence-electron chi connectivity index (χ4n) is 19.3. The Morgan fingerprint density at radius 1 is 0.427 bits per heavy atom. The number of nitrogens with two attached hydrogens (primary N) is 1. The van der Waals surface area contributed by atoms with Crippen molar-refractivity contribution in [2.45, 2.75) is 136 Å². The minimum absolute atomic E-state index is 0.0932. The fraction of sp³-hybridized carbons (Fsp3) is 0.451. The maximum absolute atomic E-state index is 13.0. The van der Waals surface area contributed by atoms with Crippen LogP contribution in [0.15, 0.2) is 141 Å². The molecule has 4 saturated heterocycles. The molecule has 0 bridgehead atoms. The summed E-state index contributed by atoms with van der Waals surface area (Å²) in [5, 5.41) is 54.6. The first-order valence-corrected chi connectivity index (χ1v) is 48.7. The third-order valence-electron chi connectivity index (χ3n) is 26.2. The zero-order chi connectivity index (χ0) is 100. The molecule has 4 amide bonds. The number of pyridine rings is 4.